The Hall–Kier alpha value is -1.58. The molecule has 0 aliphatic rings. The molecule has 2 heterocycles. The molecule has 0 aliphatic carbocycles. The van der Waals surface area contributed by atoms with E-state index >= 15 is 0 Å². The molecule has 0 unspecified atom stereocenters. The van der Waals surface area contributed by atoms with Crippen LogP contribution >= 0.6 is 0 Å². The standard InChI is InChI=1S/C10H12N2O2/c1-2-3-4-8-5-14-10(12-8)9-6-13-7-11-9/h5-7H,2-4H2,1H3. The smallest absolute Gasteiger partial charge is 0.248 e. The van der Waals surface area contributed by atoms with Crippen molar-refractivity contribution in [2.75, 3.05) is 0 Å². The fraction of sp³-hybridized carbons (Fsp3) is 0.400. The van der Waals surface area contributed by atoms with Gasteiger partial charge in [0.1, 0.15) is 12.5 Å². The molecule has 0 saturated heterocycles. The van der Waals surface area contributed by atoms with Crippen molar-refractivity contribution in [1.82, 2.24) is 9.97 Å². The van der Waals surface area contributed by atoms with Crippen LogP contribution in [0.15, 0.2) is 27.8 Å². The number of aryl methyl sites for hydroxylation is 1. The van der Waals surface area contributed by atoms with E-state index in [2.05, 4.69) is 16.9 Å². The van der Waals surface area contributed by atoms with E-state index in [0.717, 1.165) is 25.0 Å². The molecule has 0 spiro atoms. The Bertz CT molecular complexity index is 378. The molecule has 0 N–H and O–H groups in total. The maximum absolute atomic E-state index is 5.27. The summed E-state index contributed by atoms with van der Waals surface area (Å²) in [6.07, 6.45) is 7.81. The van der Waals surface area contributed by atoms with Crippen molar-refractivity contribution in [1.29, 1.82) is 0 Å². The molecule has 0 bridgehead atoms. The van der Waals surface area contributed by atoms with Crippen molar-refractivity contribution in [2.45, 2.75) is 26.2 Å². The molecule has 74 valence electrons. The Morgan fingerprint density at radius 3 is 3.00 bits per heavy atom. The number of unbranched alkanes of at least 4 members (excludes halogenated alkanes) is 1. The zero-order valence-electron chi connectivity index (χ0n) is 8.06. The van der Waals surface area contributed by atoms with Gasteiger partial charge in [0.15, 0.2) is 12.1 Å². The van der Waals surface area contributed by atoms with E-state index < -0.39 is 0 Å². The lowest BCUT2D eigenvalue weighted by Crippen LogP contribution is -1.84. The van der Waals surface area contributed by atoms with Gasteiger partial charge in [-0.05, 0) is 12.8 Å². The van der Waals surface area contributed by atoms with E-state index in [9.17, 15) is 0 Å². The number of hydrogen-bond donors (Lipinski definition) is 0. The van der Waals surface area contributed by atoms with Gasteiger partial charge in [-0.2, -0.15) is 0 Å². The largest absolute Gasteiger partial charge is 0.451 e. The number of aromatic nitrogens is 2. The number of nitrogens with zero attached hydrogens (tertiary/aromatic N) is 2. The monoisotopic (exact) mass is 192 g/mol. The summed E-state index contributed by atoms with van der Waals surface area (Å²) < 4.78 is 10.1. The van der Waals surface area contributed by atoms with Crippen molar-refractivity contribution < 1.29 is 8.83 Å². The van der Waals surface area contributed by atoms with Gasteiger partial charge in [-0.1, -0.05) is 13.3 Å². The molecule has 2 aromatic heterocycles. The lowest BCUT2D eigenvalue weighted by atomic mass is 10.2. The second kappa shape index (κ2) is 4.09. The zero-order chi connectivity index (χ0) is 9.80. The van der Waals surface area contributed by atoms with Crippen LogP contribution in [0.3, 0.4) is 0 Å². The summed E-state index contributed by atoms with van der Waals surface area (Å²) in [6.45, 7) is 2.15. The van der Waals surface area contributed by atoms with Crippen LogP contribution in [-0.4, -0.2) is 9.97 Å². The molecule has 14 heavy (non-hydrogen) atoms. The molecular formula is C10H12N2O2. The predicted molar refractivity (Wildman–Crippen MR) is 50.6 cm³/mol. The normalized spacial score (nSPS) is 10.6. The molecule has 0 aliphatic heterocycles. The minimum Gasteiger partial charge on any atom is -0.451 e. The van der Waals surface area contributed by atoms with Crippen LogP contribution in [0.4, 0.5) is 0 Å². The highest BCUT2D eigenvalue weighted by atomic mass is 16.4. The maximum atomic E-state index is 5.27. The van der Waals surface area contributed by atoms with Crippen LogP contribution in [0.5, 0.6) is 0 Å². The highest BCUT2D eigenvalue weighted by Gasteiger charge is 2.08. The molecule has 4 heteroatoms. The van der Waals surface area contributed by atoms with Crippen LogP contribution < -0.4 is 0 Å². The Balaban J connectivity index is 2.10. The van der Waals surface area contributed by atoms with Gasteiger partial charge in [0.2, 0.25) is 5.89 Å². The summed E-state index contributed by atoms with van der Waals surface area (Å²) in [7, 11) is 0. The first-order valence-electron chi connectivity index (χ1n) is 4.73. The first-order chi connectivity index (χ1) is 6.90. The summed E-state index contributed by atoms with van der Waals surface area (Å²) in [5.41, 5.74) is 1.62. The first kappa shape index (κ1) is 8.99. The summed E-state index contributed by atoms with van der Waals surface area (Å²) >= 11 is 0. The highest BCUT2D eigenvalue weighted by molar-refractivity contribution is 5.43. The van der Waals surface area contributed by atoms with Gasteiger partial charge < -0.3 is 8.83 Å². The molecule has 4 nitrogen and oxygen atoms in total. The van der Waals surface area contributed by atoms with Crippen LogP contribution in [0.25, 0.3) is 11.6 Å². The van der Waals surface area contributed by atoms with Gasteiger partial charge in [0, 0.05) is 0 Å². The van der Waals surface area contributed by atoms with Gasteiger partial charge in [-0.3, -0.25) is 0 Å². The minimum atomic E-state index is 0.532. The lowest BCUT2D eigenvalue weighted by Gasteiger charge is -1.89. The van der Waals surface area contributed by atoms with Gasteiger partial charge in [0.05, 0.1) is 5.69 Å². The van der Waals surface area contributed by atoms with Crippen molar-refractivity contribution in [3.05, 3.63) is 24.6 Å². The molecule has 0 saturated carbocycles. The Morgan fingerprint density at radius 1 is 1.36 bits per heavy atom. The molecule has 0 amide bonds. The van der Waals surface area contributed by atoms with Gasteiger partial charge in [-0.15, -0.1) is 0 Å². The molecule has 2 aromatic rings. The van der Waals surface area contributed by atoms with E-state index in [1.165, 1.54) is 12.7 Å². The first-order valence-corrected chi connectivity index (χ1v) is 4.73. The molecule has 0 radical (unpaired) electrons. The Labute approximate surface area is 82.0 Å². The van der Waals surface area contributed by atoms with Crippen molar-refractivity contribution >= 4 is 0 Å². The Kier molecular flexibility index (Phi) is 2.62. The predicted octanol–water partition coefficient (Wildman–Crippen LogP) is 2.67. The topological polar surface area (TPSA) is 52.1 Å². The van der Waals surface area contributed by atoms with E-state index in [-0.39, 0.29) is 0 Å². The molecular weight excluding hydrogens is 180 g/mol. The van der Waals surface area contributed by atoms with Crippen molar-refractivity contribution in [3.8, 4) is 11.6 Å². The van der Waals surface area contributed by atoms with Crippen LogP contribution in [0.1, 0.15) is 25.5 Å². The van der Waals surface area contributed by atoms with Gasteiger partial charge in [-0.25, -0.2) is 9.97 Å². The fourth-order valence-corrected chi connectivity index (χ4v) is 1.22. The average molecular weight is 192 g/mol. The highest BCUT2D eigenvalue weighted by Crippen LogP contribution is 2.16. The van der Waals surface area contributed by atoms with Crippen molar-refractivity contribution in [2.24, 2.45) is 0 Å². The van der Waals surface area contributed by atoms with Crippen molar-refractivity contribution in [3.63, 3.8) is 0 Å². The van der Waals surface area contributed by atoms with Crippen LogP contribution in [-0.2, 0) is 6.42 Å². The summed E-state index contributed by atoms with van der Waals surface area (Å²) in [5, 5.41) is 0. The second-order valence-electron chi connectivity index (χ2n) is 3.12. The molecule has 0 atom stereocenters. The van der Waals surface area contributed by atoms with E-state index in [1.54, 1.807) is 6.26 Å². The summed E-state index contributed by atoms with van der Waals surface area (Å²) in [4.78, 5) is 8.26. The molecule has 0 aromatic carbocycles. The third-order valence-corrected chi connectivity index (χ3v) is 1.99. The summed E-state index contributed by atoms with van der Waals surface area (Å²) in [6, 6.07) is 0. The zero-order valence-corrected chi connectivity index (χ0v) is 8.06. The number of rotatable bonds is 4. The maximum Gasteiger partial charge on any atom is 0.248 e. The SMILES string of the molecule is CCCCc1coc(-c2cocn2)n1. The quantitative estimate of drug-likeness (QED) is 0.747. The Morgan fingerprint density at radius 2 is 2.29 bits per heavy atom. The van der Waals surface area contributed by atoms with Crippen LogP contribution in [0.2, 0.25) is 0 Å². The van der Waals surface area contributed by atoms with Crippen LogP contribution in [0, 0.1) is 0 Å². The molecule has 0 fully saturated rings. The third kappa shape index (κ3) is 1.84. The lowest BCUT2D eigenvalue weighted by molar-refractivity contribution is 0.553. The minimum absolute atomic E-state index is 0.532. The fourth-order valence-electron chi connectivity index (χ4n) is 1.22. The summed E-state index contributed by atoms with van der Waals surface area (Å²) in [5.74, 6) is 0.532. The third-order valence-electron chi connectivity index (χ3n) is 1.99. The van der Waals surface area contributed by atoms with E-state index in [1.807, 2.05) is 0 Å². The number of hydrogen-bond acceptors (Lipinski definition) is 4. The number of oxazole rings is 2. The van der Waals surface area contributed by atoms with E-state index in [4.69, 9.17) is 8.83 Å². The second-order valence-corrected chi connectivity index (χ2v) is 3.12. The molecule has 2 rings (SSSR count). The van der Waals surface area contributed by atoms with Gasteiger partial charge in [0.25, 0.3) is 0 Å². The van der Waals surface area contributed by atoms with E-state index in [0.29, 0.717) is 11.6 Å². The average Bonchev–Trinajstić information content (AvgIpc) is 2.85. The van der Waals surface area contributed by atoms with Gasteiger partial charge >= 0.3 is 0 Å².